The molecule has 1 unspecified atom stereocenters. The molecule has 0 spiro atoms. The summed E-state index contributed by atoms with van der Waals surface area (Å²) in [6, 6.07) is 4.56. The molecule has 5 nitrogen and oxygen atoms in total. The molecular weight excluding hydrogens is 313 g/mol. The molecular formula is C18H18FNO4. The lowest BCUT2D eigenvalue weighted by Crippen LogP contribution is -2.30. The quantitative estimate of drug-likeness (QED) is 0.833. The molecule has 0 bridgehead atoms. The van der Waals surface area contributed by atoms with Gasteiger partial charge in [-0.3, -0.25) is 0 Å². The first-order valence-corrected chi connectivity index (χ1v) is 7.72. The average Bonchev–Trinajstić information content (AvgIpc) is 2.85. The van der Waals surface area contributed by atoms with Crippen molar-refractivity contribution in [2.24, 2.45) is 0 Å². The molecule has 2 aliphatic heterocycles. The number of cyclic esters (lactones) is 1. The Balaban J connectivity index is 2.29. The van der Waals surface area contributed by atoms with Crippen LogP contribution in [0.15, 0.2) is 40.7 Å². The molecule has 0 fully saturated rings. The molecule has 0 amide bonds. The second-order valence-corrected chi connectivity index (χ2v) is 6.27. The fourth-order valence-electron chi connectivity index (χ4n) is 3.48. The first-order chi connectivity index (χ1) is 11.3. The van der Waals surface area contributed by atoms with Crippen molar-refractivity contribution < 1.29 is 23.8 Å². The molecule has 24 heavy (non-hydrogen) atoms. The van der Waals surface area contributed by atoms with Gasteiger partial charge < -0.3 is 15.2 Å². The van der Waals surface area contributed by atoms with Crippen LogP contribution in [0.1, 0.15) is 43.7 Å². The van der Waals surface area contributed by atoms with E-state index in [1.165, 1.54) is 12.1 Å². The summed E-state index contributed by atoms with van der Waals surface area (Å²) >= 11 is 0. The monoisotopic (exact) mass is 331 g/mol. The van der Waals surface area contributed by atoms with E-state index in [4.69, 9.17) is 4.74 Å². The van der Waals surface area contributed by atoms with Crippen LogP contribution < -0.4 is 5.32 Å². The van der Waals surface area contributed by atoms with Gasteiger partial charge in [0, 0.05) is 5.70 Å². The maximum absolute atomic E-state index is 14.4. The van der Waals surface area contributed by atoms with E-state index in [0.29, 0.717) is 22.5 Å². The molecule has 0 aromatic heterocycles. The van der Waals surface area contributed by atoms with Crippen molar-refractivity contribution in [1.29, 1.82) is 0 Å². The molecule has 2 N–H and O–H groups in total. The van der Waals surface area contributed by atoms with E-state index in [-0.39, 0.29) is 23.7 Å². The number of hydrogen-bond acceptors (Lipinski definition) is 4. The summed E-state index contributed by atoms with van der Waals surface area (Å²) in [6.07, 6.45) is 0. The van der Waals surface area contributed by atoms with Gasteiger partial charge in [0.1, 0.15) is 12.4 Å². The second kappa shape index (κ2) is 5.78. The first-order valence-electron chi connectivity index (χ1n) is 7.72. The Morgan fingerprint density at radius 2 is 2.12 bits per heavy atom. The minimum absolute atomic E-state index is 0.0418. The van der Waals surface area contributed by atoms with E-state index >= 15 is 0 Å². The Morgan fingerprint density at radius 3 is 2.75 bits per heavy atom. The number of nitrogens with one attached hydrogen (secondary N) is 1. The van der Waals surface area contributed by atoms with E-state index in [2.05, 4.69) is 5.32 Å². The van der Waals surface area contributed by atoms with Crippen LogP contribution in [0.25, 0.3) is 0 Å². The maximum atomic E-state index is 14.4. The lowest BCUT2D eigenvalue weighted by Gasteiger charge is -2.29. The van der Waals surface area contributed by atoms with Crippen molar-refractivity contribution in [2.45, 2.75) is 32.6 Å². The van der Waals surface area contributed by atoms with E-state index in [0.717, 1.165) is 0 Å². The number of carboxylic acid groups (broad SMARTS) is 1. The molecule has 3 rings (SSSR count). The fraction of sp³-hybridized carbons (Fsp3) is 0.333. The van der Waals surface area contributed by atoms with Crippen LogP contribution in [0, 0.1) is 5.82 Å². The highest BCUT2D eigenvalue weighted by Crippen LogP contribution is 2.43. The SMILES string of the molecule is CC1=C(C(=O)O)C(c2cccc(F)c2C(C)C)C2=C(COC2=O)N1. The van der Waals surface area contributed by atoms with Crippen molar-refractivity contribution >= 4 is 11.9 Å². The number of carbonyl (C=O) groups excluding carboxylic acids is 1. The van der Waals surface area contributed by atoms with Gasteiger partial charge in [0.25, 0.3) is 0 Å². The van der Waals surface area contributed by atoms with Crippen LogP contribution in [0.5, 0.6) is 0 Å². The average molecular weight is 331 g/mol. The summed E-state index contributed by atoms with van der Waals surface area (Å²) in [5, 5.41) is 12.6. The lowest BCUT2D eigenvalue weighted by molar-refractivity contribution is -0.136. The molecule has 2 aliphatic rings. The second-order valence-electron chi connectivity index (χ2n) is 6.27. The Kier molecular flexibility index (Phi) is 3.91. The maximum Gasteiger partial charge on any atom is 0.337 e. The van der Waals surface area contributed by atoms with Gasteiger partial charge in [-0.15, -0.1) is 0 Å². The molecule has 1 aromatic rings. The molecule has 0 saturated carbocycles. The Labute approximate surface area is 138 Å². The molecule has 6 heteroatoms. The first kappa shape index (κ1) is 16.2. The van der Waals surface area contributed by atoms with Crippen LogP contribution in [-0.2, 0) is 14.3 Å². The van der Waals surface area contributed by atoms with Gasteiger partial charge in [-0.2, -0.15) is 0 Å². The number of carboxylic acids is 1. The number of rotatable bonds is 3. The molecule has 1 atom stereocenters. The highest BCUT2D eigenvalue weighted by atomic mass is 19.1. The van der Waals surface area contributed by atoms with Gasteiger partial charge in [-0.05, 0) is 30.0 Å². The summed E-state index contributed by atoms with van der Waals surface area (Å²) < 4.78 is 19.5. The zero-order valence-electron chi connectivity index (χ0n) is 13.6. The summed E-state index contributed by atoms with van der Waals surface area (Å²) in [4.78, 5) is 24.0. The summed E-state index contributed by atoms with van der Waals surface area (Å²) in [6.45, 7) is 5.38. The molecule has 126 valence electrons. The predicted molar refractivity (Wildman–Crippen MR) is 84.7 cm³/mol. The predicted octanol–water partition coefficient (Wildman–Crippen LogP) is 2.81. The standard InChI is InChI=1S/C18H18FNO4/c1-8(2)13-10(5-4-6-11(13)19)15-14(17(21)22)9(3)20-12-7-24-18(23)16(12)15/h4-6,8,15,20H,7H2,1-3H3,(H,21,22). The zero-order valence-corrected chi connectivity index (χ0v) is 13.6. The number of hydrogen-bond donors (Lipinski definition) is 2. The Bertz CT molecular complexity index is 805. The number of ether oxygens (including phenoxy) is 1. The van der Waals surface area contributed by atoms with Crippen LogP contribution in [0.3, 0.4) is 0 Å². The molecule has 0 radical (unpaired) electrons. The van der Waals surface area contributed by atoms with Crippen LogP contribution >= 0.6 is 0 Å². The number of allylic oxidation sites excluding steroid dienone is 1. The normalized spacial score (nSPS) is 20.2. The van der Waals surface area contributed by atoms with Crippen LogP contribution in [0.4, 0.5) is 4.39 Å². The number of benzene rings is 1. The number of aliphatic carboxylic acids is 1. The number of halogens is 1. The third-order valence-electron chi connectivity index (χ3n) is 4.42. The third-order valence-corrected chi connectivity index (χ3v) is 4.42. The molecule has 0 saturated heterocycles. The van der Waals surface area contributed by atoms with Gasteiger partial charge in [0.05, 0.1) is 22.8 Å². The van der Waals surface area contributed by atoms with E-state index in [9.17, 15) is 19.1 Å². The topological polar surface area (TPSA) is 75.6 Å². The number of carbonyl (C=O) groups is 2. The largest absolute Gasteiger partial charge is 0.478 e. The minimum atomic E-state index is -1.14. The van der Waals surface area contributed by atoms with E-state index in [1.54, 1.807) is 13.0 Å². The number of dihydropyridines is 1. The van der Waals surface area contributed by atoms with Crippen molar-refractivity contribution in [3.8, 4) is 0 Å². The molecule has 0 aliphatic carbocycles. The highest BCUT2D eigenvalue weighted by molar-refractivity contribution is 6.00. The van der Waals surface area contributed by atoms with Gasteiger partial charge in [-0.1, -0.05) is 26.0 Å². The zero-order chi connectivity index (χ0) is 17.6. The molecule has 2 heterocycles. The third kappa shape index (κ3) is 2.38. The van der Waals surface area contributed by atoms with Crippen molar-refractivity contribution in [1.82, 2.24) is 5.32 Å². The smallest absolute Gasteiger partial charge is 0.337 e. The Morgan fingerprint density at radius 1 is 1.42 bits per heavy atom. The van der Waals surface area contributed by atoms with Crippen LogP contribution in [-0.4, -0.2) is 23.7 Å². The molecule has 1 aromatic carbocycles. The number of esters is 1. The minimum Gasteiger partial charge on any atom is -0.478 e. The summed E-state index contributed by atoms with van der Waals surface area (Å²) in [7, 11) is 0. The highest BCUT2D eigenvalue weighted by Gasteiger charge is 2.42. The lowest BCUT2D eigenvalue weighted by atomic mass is 9.77. The van der Waals surface area contributed by atoms with Crippen molar-refractivity contribution in [3.63, 3.8) is 0 Å². The Hall–Kier alpha value is -2.63. The van der Waals surface area contributed by atoms with Crippen molar-refractivity contribution in [2.75, 3.05) is 6.61 Å². The van der Waals surface area contributed by atoms with Gasteiger partial charge in [0.15, 0.2) is 0 Å². The van der Waals surface area contributed by atoms with E-state index in [1.807, 2.05) is 13.8 Å². The van der Waals surface area contributed by atoms with Gasteiger partial charge in [-0.25, -0.2) is 14.0 Å². The van der Waals surface area contributed by atoms with E-state index < -0.39 is 23.7 Å². The van der Waals surface area contributed by atoms with Crippen molar-refractivity contribution in [3.05, 3.63) is 57.7 Å². The van der Waals surface area contributed by atoms with Crippen LogP contribution in [0.2, 0.25) is 0 Å². The van der Waals surface area contributed by atoms with Gasteiger partial charge >= 0.3 is 11.9 Å². The fourth-order valence-corrected chi connectivity index (χ4v) is 3.48. The summed E-state index contributed by atoms with van der Waals surface area (Å²) in [5.41, 5.74) is 2.19. The van der Waals surface area contributed by atoms with Gasteiger partial charge in [0.2, 0.25) is 0 Å². The summed E-state index contributed by atoms with van der Waals surface area (Å²) in [5.74, 6) is -3.12.